The molecule has 0 radical (unpaired) electrons. The van der Waals surface area contributed by atoms with Crippen molar-refractivity contribution >= 4 is 33.2 Å². The van der Waals surface area contributed by atoms with Crippen LogP contribution in [0.2, 0.25) is 5.02 Å². The van der Waals surface area contributed by atoms with Crippen molar-refractivity contribution in [2.75, 3.05) is 5.32 Å². The molecule has 0 fully saturated rings. The molecule has 0 aliphatic rings. The van der Waals surface area contributed by atoms with E-state index in [0.717, 1.165) is 15.7 Å². The van der Waals surface area contributed by atoms with E-state index in [0.29, 0.717) is 11.6 Å². The van der Waals surface area contributed by atoms with Crippen molar-refractivity contribution in [1.29, 1.82) is 0 Å². The number of rotatable bonds is 4. The second kappa shape index (κ2) is 6.41. The summed E-state index contributed by atoms with van der Waals surface area (Å²) >= 11 is 9.50. The Kier molecular flexibility index (Phi) is 4.83. The summed E-state index contributed by atoms with van der Waals surface area (Å²) in [5.74, 6) is 0. The van der Waals surface area contributed by atoms with E-state index in [1.165, 1.54) is 4.68 Å². The molecule has 6 heteroatoms. The fraction of sp³-hybridized carbons (Fsp3) is 0.286. The molecule has 106 valence electrons. The van der Waals surface area contributed by atoms with Gasteiger partial charge in [0.25, 0.3) is 5.56 Å². The lowest BCUT2D eigenvalue weighted by molar-refractivity contribution is 0.639. The highest BCUT2D eigenvalue weighted by molar-refractivity contribution is 9.10. The van der Waals surface area contributed by atoms with E-state index < -0.39 is 0 Å². The third-order valence-corrected chi connectivity index (χ3v) is 3.51. The van der Waals surface area contributed by atoms with Gasteiger partial charge in [0.2, 0.25) is 0 Å². The minimum absolute atomic E-state index is 0.158. The highest BCUT2D eigenvalue weighted by Crippen LogP contribution is 2.21. The minimum Gasteiger partial charge on any atom is -0.381 e. The Labute approximate surface area is 130 Å². The first kappa shape index (κ1) is 15.1. The first-order valence-corrected chi connectivity index (χ1v) is 7.40. The van der Waals surface area contributed by atoms with Crippen LogP contribution in [0.5, 0.6) is 0 Å². The normalized spacial score (nSPS) is 10.8. The van der Waals surface area contributed by atoms with Gasteiger partial charge in [-0.15, -0.1) is 0 Å². The number of anilines is 1. The smallest absolute Gasteiger partial charge is 0.269 e. The van der Waals surface area contributed by atoms with Crippen molar-refractivity contribution in [3.05, 3.63) is 55.9 Å². The maximum atomic E-state index is 12.0. The zero-order valence-corrected chi connectivity index (χ0v) is 13.6. The van der Waals surface area contributed by atoms with Crippen LogP contribution in [0.3, 0.4) is 0 Å². The Morgan fingerprint density at radius 3 is 2.75 bits per heavy atom. The minimum atomic E-state index is -0.158. The Balaban J connectivity index is 2.23. The predicted molar refractivity (Wildman–Crippen MR) is 85.5 cm³/mol. The van der Waals surface area contributed by atoms with Crippen molar-refractivity contribution in [1.82, 2.24) is 9.78 Å². The summed E-state index contributed by atoms with van der Waals surface area (Å²) in [6.07, 6.45) is 1.65. The third kappa shape index (κ3) is 3.84. The SMILES string of the molecule is CC(C)Nc1cnn(Cc2ccc(Br)cc2Cl)c(=O)c1. The van der Waals surface area contributed by atoms with Crippen molar-refractivity contribution < 1.29 is 0 Å². The first-order chi connectivity index (χ1) is 9.45. The van der Waals surface area contributed by atoms with E-state index in [1.54, 1.807) is 18.3 Å². The number of benzene rings is 1. The average Bonchev–Trinajstić information content (AvgIpc) is 2.34. The third-order valence-electron chi connectivity index (χ3n) is 2.66. The van der Waals surface area contributed by atoms with Crippen LogP contribution in [0.1, 0.15) is 19.4 Å². The van der Waals surface area contributed by atoms with Gasteiger partial charge >= 0.3 is 0 Å². The van der Waals surface area contributed by atoms with Crippen LogP contribution in [0.25, 0.3) is 0 Å². The van der Waals surface area contributed by atoms with Gasteiger partial charge in [-0.05, 0) is 31.5 Å². The van der Waals surface area contributed by atoms with Gasteiger partial charge in [-0.2, -0.15) is 5.10 Å². The maximum Gasteiger partial charge on any atom is 0.269 e. The van der Waals surface area contributed by atoms with E-state index in [2.05, 4.69) is 26.3 Å². The summed E-state index contributed by atoms with van der Waals surface area (Å²) < 4.78 is 2.30. The van der Waals surface area contributed by atoms with E-state index in [9.17, 15) is 4.79 Å². The largest absolute Gasteiger partial charge is 0.381 e. The van der Waals surface area contributed by atoms with Gasteiger partial charge < -0.3 is 5.32 Å². The quantitative estimate of drug-likeness (QED) is 0.911. The first-order valence-electron chi connectivity index (χ1n) is 6.23. The molecule has 0 saturated heterocycles. The molecular formula is C14H15BrClN3O. The number of aromatic nitrogens is 2. The molecule has 0 bridgehead atoms. The van der Waals surface area contributed by atoms with Gasteiger partial charge in [-0.1, -0.05) is 33.6 Å². The van der Waals surface area contributed by atoms with Gasteiger partial charge in [0.1, 0.15) is 0 Å². The lowest BCUT2D eigenvalue weighted by Gasteiger charge is -2.11. The van der Waals surface area contributed by atoms with E-state index >= 15 is 0 Å². The lowest BCUT2D eigenvalue weighted by Crippen LogP contribution is -2.24. The molecule has 0 unspecified atom stereocenters. The van der Waals surface area contributed by atoms with Crippen LogP contribution in [0, 0.1) is 0 Å². The molecule has 1 N–H and O–H groups in total. The van der Waals surface area contributed by atoms with Gasteiger partial charge in [-0.25, -0.2) is 4.68 Å². The fourth-order valence-electron chi connectivity index (χ4n) is 1.78. The van der Waals surface area contributed by atoms with Crippen LogP contribution in [0.15, 0.2) is 39.7 Å². The number of hydrogen-bond acceptors (Lipinski definition) is 3. The van der Waals surface area contributed by atoms with Crippen molar-refractivity contribution in [3.8, 4) is 0 Å². The number of halogens is 2. The molecule has 2 rings (SSSR count). The van der Waals surface area contributed by atoms with Crippen molar-refractivity contribution in [3.63, 3.8) is 0 Å². The van der Waals surface area contributed by atoms with Gasteiger partial charge in [0.15, 0.2) is 0 Å². The average molecular weight is 357 g/mol. The van der Waals surface area contributed by atoms with Gasteiger partial charge in [0.05, 0.1) is 18.4 Å². The number of nitrogens with one attached hydrogen (secondary N) is 1. The molecular weight excluding hydrogens is 342 g/mol. The second-order valence-corrected chi connectivity index (χ2v) is 6.10. The summed E-state index contributed by atoms with van der Waals surface area (Å²) in [6, 6.07) is 7.37. The molecule has 0 amide bonds. The van der Waals surface area contributed by atoms with E-state index in [-0.39, 0.29) is 11.6 Å². The van der Waals surface area contributed by atoms with E-state index in [4.69, 9.17) is 11.6 Å². The Bertz CT molecular complexity index is 670. The zero-order valence-electron chi connectivity index (χ0n) is 11.2. The molecule has 2 aromatic rings. The summed E-state index contributed by atoms with van der Waals surface area (Å²) in [5, 5.41) is 7.92. The molecule has 1 aromatic carbocycles. The van der Waals surface area contributed by atoms with Crippen molar-refractivity contribution in [2.45, 2.75) is 26.4 Å². The van der Waals surface area contributed by atoms with Crippen LogP contribution in [0.4, 0.5) is 5.69 Å². The molecule has 0 atom stereocenters. The lowest BCUT2D eigenvalue weighted by atomic mass is 10.2. The Hall–Kier alpha value is -1.33. The van der Waals surface area contributed by atoms with Gasteiger partial charge in [-0.3, -0.25) is 4.79 Å². The summed E-state index contributed by atoms with van der Waals surface area (Å²) in [5.41, 5.74) is 1.42. The van der Waals surface area contributed by atoms with Crippen LogP contribution < -0.4 is 10.9 Å². The molecule has 4 nitrogen and oxygen atoms in total. The summed E-state index contributed by atoms with van der Waals surface area (Å²) in [7, 11) is 0. The summed E-state index contributed by atoms with van der Waals surface area (Å²) in [6.45, 7) is 4.37. The zero-order chi connectivity index (χ0) is 14.7. The predicted octanol–water partition coefficient (Wildman–Crippen LogP) is 3.53. The fourth-order valence-corrected chi connectivity index (χ4v) is 2.51. The molecule has 0 aliphatic carbocycles. The highest BCUT2D eigenvalue weighted by Gasteiger charge is 2.06. The number of hydrogen-bond donors (Lipinski definition) is 1. The molecule has 0 spiro atoms. The van der Waals surface area contributed by atoms with Crippen molar-refractivity contribution in [2.24, 2.45) is 0 Å². The maximum absolute atomic E-state index is 12.0. The Morgan fingerprint density at radius 1 is 1.40 bits per heavy atom. The molecule has 0 saturated carbocycles. The van der Waals surface area contributed by atoms with Crippen LogP contribution in [-0.2, 0) is 6.54 Å². The summed E-state index contributed by atoms with van der Waals surface area (Å²) in [4.78, 5) is 12.0. The number of nitrogens with zero attached hydrogens (tertiary/aromatic N) is 2. The van der Waals surface area contributed by atoms with Crippen LogP contribution >= 0.6 is 27.5 Å². The molecule has 1 aromatic heterocycles. The highest BCUT2D eigenvalue weighted by atomic mass is 79.9. The molecule has 1 heterocycles. The molecule has 0 aliphatic heterocycles. The van der Waals surface area contributed by atoms with Crippen LogP contribution in [-0.4, -0.2) is 15.8 Å². The Morgan fingerprint density at radius 2 is 2.15 bits per heavy atom. The topological polar surface area (TPSA) is 46.9 Å². The van der Waals surface area contributed by atoms with E-state index in [1.807, 2.05) is 26.0 Å². The standard InChI is InChI=1S/C14H15BrClN3O/c1-9(2)18-12-6-14(20)19(17-7-12)8-10-3-4-11(15)5-13(10)16/h3-7,9,18H,8H2,1-2H3. The monoisotopic (exact) mass is 355 g/mol. The second-order valence-electron chi connectivity index (χ2n) is 4.77. The molecule has 20 heavy (non-hydrogen) atoms. The van der Waals surface area contributed by atoms with Gasteiger partial charge in [0, 0.05) is 21.6 Å².